The Hall–Kier alpha value is -0.820. The van der Waals surface area contributed by atoms with Gasteiger partial charge in [0.05, 0.1) is 12.3 Å². The van der Waals surface area contributed by atoms with E-state index in [9.17, 15) is 15.3 Å². The molecule has 0 aliphatic carbocycles. The second-order valence-electron chi connectivity index (χ2n) is 4.07. The van der Waals surface area contributed by atoms with Crippen molar-refractivity contribution in [1.82, 2.24) is 4.98 Å². The molecular weight excluding hydrogens is 242 g/mol. The van der Waals surface area contributed by atoms with Gasteiger partial charge in [0, 0.05) is 11.9 Å². The topological polar surface area (TPSA) is 82.8 Å². The van der Waals surface area contributed by atoms with E-state index >= 15 is 0 Å². The Morgan fingerprint density at radius 3 is 2.76 bits per heavy atom. The van der Waals surface area contributed by atoms with E-state index in [1.165, 1.54) is 11.8 Å². The van der Waals surface area contributed by atoms with Crippen LogP contribution in [0.3, 0.4) is 0 Å². The zero-order chi connectivity index (χ0) is 12.4. The highest BCUT2D eigenvalue weighted by Gasteiger charge is 2.38. The fraction of sp³-hybridized carbons (Fsp3) is 0.545. The molecule has 17 heavy (non-hydrogen) atoms. The van der Waals surface area contributed by atoms with E-state index in [0.717, 1.165) is 5.56 Å². The van der Waals surface area contributed by atoms with Crippen LogP contribution in [0.15, 0.2) is 18.5 Å². The number of nitrogens with zero attached hydrogens (tertiary/aromatic N) is 1. The monoisotopic (exact) mass is 257 g/mol. The first-order valence-corrected chi connectivity index (χ1v) is 6.37. The number of rotatable bonds is 2. The van der Waals surface area contributed by atoms with E-state index in [0.29, 0.717) is 11.5 Å². The summed E-state index contributed by atoms with van der Waals surface area (Å²) in [6, 6.07) is 1.80. The van der Waals surface area contributed by atoms with Crippen LogP contribution in [0.1, 0.15) is 5.56 Å². The lowest BCUT2D eigenvalue weighted by molar-refractivity contribution is -0.0786. The molecule has 1 saturated heterocycles. The molecule has 0 bridgehead atoms. The number of aliphatic hydroxyl groups is 3. The average molecular weight is 257 g/mol. The van der Waals surface area contributed by atoms with Crippen LogP contribution >= 0.6 is 11.8 Å². The third-order valence-corrected chi connectivity index (χ3v) is 3.79. The Morgan fingerprint density at radius 2 is 2.06 bits per heavy atom. The number of aliphatic hydroxyl groups excluding tert-OH is 3. The summed E-state index contributed by atoms with van der Waals surface area (Å²) in [6.45, 7) is 1.89. The first kappa shape index (κ1) is 12.6. The van der Waals surface area contributed by atoms with Crippen molar-refractivity contribution in [3.63, 3.8) is 0 Å². The summed E-state index contributed by atoms with van der Waals surface area (Å²) in [7, 11) is 0. The molecule has 0 radical (unpaired) electrons. The van der Waals surface area contributed by atoms with Gasteiger partial charge in [0.2, 0.25) is 0 Å². The van der Waals surface area contributed by atoms with Gasteiger partial charge >= 0.3 is 0 Å². The first-order valence-electron chi connectivity index (χ1n) is 5.32. The van der Waals surface area contributed by atoms with Crippen molar-refractivity contribution in [3.8, 4) is 5.75 Å². The Labute approximate surface area is 103 Å². The normalized spacial score (nSPS) is 33.4. The van der Waals surface area contributed by atoms with Gasteiger partial charge in [-0.05, 0) is 18.6 Å². The van der Waals surface area contributed by atoms with Gasteiger partial charge in [0.1, 0.15) is 18.0 Å². The summed E-state index contributed by atoms with van der Waals surface area (Å²) in [5, 5.41) is 28.7. The number of aryl methyl sites for hydroxylation is 1. The third kappa shape index (κ3) is 2.90. The summed E-state index contributed by atoms with van der Waals surface area (Å²) in [6.07, 6.45) is 0.0712. The maximum absolute atomic E-state index is 9.76. The lowest BCUT2D eigenvalue weighted by atomic mass is 10.1. The van der Waals surface area contributed by atoms with Crippen LogP contribution in [-0.2, 0) is 0 Å². The van der Waals surface area contributed by atoms with Crippen LogP contribution in [0, 0.1) is 6.92 Å². The van der Waals surface area contributed by atoms with Crippen LogP contribution in [0.2, 0.25) is 0 Å². The summed E-state index contributed by atoms with van der Waals surface area (Å²) in [5.74, 6) is 0.882. The summed E-state index contributed by atoms with van der Waals surface area (Å²) >= 11 is 1.27. The number of ether oxygens (including phenoxy) is 1. The minimum atomic E-state index is -1.17. The molecule has 1 aromatic rings. The highest BCUT2D eigenvalue weighted by molar-refractivity contribution is 7.99. The molecule has 4 atom stereocenters. The smallest absolute Gasteiger partial charge is 0.173 e. The minimum Gasteiger partial charge on any atom is -0.475 e. The van der Waals surface area contributed by atoms with Crippen molar-refractivity contribution >= 4 is 11.8 Å². The molecule has 0 unspecified atom stereocenters. The number of hydrogen-bond acceptors (Lipinski definition) is 6. The molecule has 0 aromatic carbocycles. The zero-order valence-corrected chi connectivity index (χ0v) is 10.2. The quantitative estimate of drug-likeness (QED) is 0.687. The van der Waals surface area contributed by atoms with Gasteiger partial charge in [-0.2, -0.15) is 0 Å². The van der Waals surface area contributed by atoms with Gasteiger partial charge in [-0.15, -0.1) is 11.8 Å². The van der Waals surface area contributed by atoms with E-state index < -0.39 is 23.7 Å². The number of thioether (sulfide) groups is 1. The zero-order valence-electron chi connectivity index (χ0n) is 9.35. The molecule has 2 rings (SSSR count). The first-order chi connectivity index (χ1) is 8.08. The van der Waals surface area contributed by atoms with Crippen molar-refractivity contribution in [1.29, 1.82) is 0 Å². The number of hydrogen-bond donors (Lipinski definition) is 3. The Kier molecular flexibility index (Phi) is 3.88. The number of pyridine rings is 1. The SMILES string of the molecule is Cc1cncc(O[C@@H]2SC[C@@H](O)[C@H](O)[C@H]2O)c1. The molecule has 6 heteroatoms. The lowest BCUT2D eigenvalue weighted by Crippen LogP contribution is -2.50. The molecule has 1 aromatic heterocycles. The molecule has 3 N–H and O–H groups in total. The van der Waals surface area contributed by atoms with Gasteiger partial charge in [0.15, 0.2) is 5.44 Å². The van der Waals surface area contributed by atoms with E-state index in [4.69, 9.17) is 4.74 Å². The lowest BCUT2D eigenvalue weighted by Gasteiger charge is -2.34. The minimum absolute atomic E-state index is 0.335. The summed E-state index contributed by atoms with van der Waals surface area (Å²) in [4.78, 5) is 3.98. The van der Waals surface area contributed by atoms with Gasteiger partial charge in [-0.3, -0.25) is 4.98 Å². The molecule has 0 spiro atoms. The van der Waals surface area contributed by atoms with Crippen molar-refractivity contribution < 1.29 is 20.1 Å². The van der Waals surface area contributed by atoms with Crippen LogP contribution in [0.4, 0.5) is 0 Å². The van der Waals surface area contributed by atoms with E-state index in [2.05, 4.69) is 4.98 Å². The molecule has 94 valence electrons. The number of aromatic nitrogens is 1. The largest absolute Gasteiger partial charge is 0.475 e. The van der Waals surface area contributed by atoms with Crippen LogP contribution in [0.5, 0.6) is 5.75 Å². The molecule has 0 amide bonds. The predicted octanol–water partition coefficient (Wildman–Crippen LogP) is -0.0756. The van der Waals surface area contributed by atoms with E-state index in [1.54, 1.807) is 18.5 Å². The highest BCUT2D eigenvalue weighted by atomic mass is 32.2. The standard InChI is InChI=1S/C11H15NO4S/c1-6-2-7(4-12-3-6)16-11-10(15)9(14)8(13)5-17-11/h2-4,8-11,13-15H,5H2,1H3/t8-,9+,10-,11-/m1/s1. The van der Waals surface area contributed by atoms with Crippen molar-refractivity contribution in [2.24, 2.45) is 0 Å². The average Bonchev–Trinajstić information content (AvgIpc) is 2.30. The molecule has 1 aliphatic heterocycles. The Morgan fingerprint density at radius 1 is 1.29 bits per heavy atom. The summed E-state index contributed by atoms with van der Waals surface area (Å²) in [5.41, 5.74) is 0.371. The Balaban J connectivity index is 2.04. The van der Waals surface area contributed by atoms with Gasteiger partial charge in [-0.1, -0.05) is 0 Å². The molecule has 0 saturated carbocycles. The van der Waals surface area contributed by atoms with Gasteiger partial charge in [0.25, 0.3) is 0 Å². The third-order valence-electron chi connectivity index (χ3n) is 2.56. The maximum Gasteiger partial charge on any atom is 0.173 e. The molecular formula is C11H15NO4S. The predicted molar refractivity (Wildman–Crippen MR) is 63.9 cm³/mol. The fourth-order valence-electron chi connectivity index (χ4n) is 1.61. The second-order valence-corrected chi connectivity index (χ2v) is 5.20. The highest BCUT2D eigenvalue weighted by Crippen LogP contribution is 2.28. The van der Waals surface area contributed by atoms with Crippen LogP contribution < -0.4 is 4.74 Å². The van der Waals surface area contributed by atoms with Gasteiger partial charge in [-0.25, -0.2) is 0 Å². The molecule has 2 heterocycles. The molecule has 1 aliphatic rings. The molecule has 1 fully saturated rings. The van der Waals surface area contributed by atoms with Crippen molar-refractivity contribution in [2.45, 2.75) is 30.7 Å². The maximum atomic E-state index is 9.76. The van der Waals surface area contributed by atoms with Gasteiger partial charge < -0.3 is 20.1 Å². The fourth-order valence-corrected chi connectivity index (χ4v) is 2.73. The van der Waals surface area contributed by atoms with Crippen molar-refractivity contribution in [3.05, 3.63) is 24.0 Å². The van der Waals surface area contributed by atoms with E-state index in [1.807, 2.05) is 6.92 Å². The Bertz CT molecular complexity index is 389. The van der Waals surface area contributed by atoms with Crippen LogP contribution in [0.25, 0.3) is 0 Å². The van der Waals surface area contributed by atoms with E-state index in [-0.39, 0.29) is 0 Å². The second kappa shape index (κ2) is 5.22. The summed E-state index contributed by atoms with van der Waals surface area (Å²) < 4.78 is 5.55. The van der Waals surface area contributed by atoms with Crippen LogP contribution in [-0.4, -0.2) is 49.8 Å². The molecule has 5 nitrogen and oxygen atoms in total. The van der Waals surface area contributed by atoms with Crippen molar-refractivity contribution in [2.75, 3.05) is 5.75 Å².